The lowest BCUT2D eigenvalue weighted by Crippen LogP contribution is -2.28. The molecule has 19 heavy (non-hydrogen) atoms. The van der Waals surface area contributed by atoms with Crippen LogP contribution in [0.15, 0.2) is 0 Å². The molecule has 0 saturated carbocycles. The van der Waals surface area contributed by atoms with Crippen LogP contribution in [0.4, 0.5) is 0 Å². The van der Waals surface area contributed by atoms with Crippen molar-refractivity contribution in [1.82, 2.24) is 5.32 Å². The quantitative estimate of drug-likeness (QED) is 0.484. The third kappa shape index (κ3) is 14.3. The fourth-order valence-electron chi connectivity index (χ4n) is 2.16. The summed E-state index contributed by atoms with van der Waals surface area (Å²) in [5.41, 5.74) is 0. The Morgan fingerprint density at radius 2 is 1.37 bits per heavy atom. The van der Waals surface area contributed by atoms with Crippen LogP contribution in [-0.4, -0.2) is 28.8 Å². The van der Waals surface area contributed by atoms with Gasteiger partial charge in [-0.3, -0.25) is 4.21 Å². The minimum atomic E-state index is -0.688. The van der Waals surface area contributed by atoms with E-state index in [9.17, 15) is 4.21 Å². The average molecular weight is 290 g/mol. The summed E-state index contributed by atoms with van der Waals surface area (Å²) in [4.78, 5) is 0. The van der Waals surface area contributed by atoms with Crippen LogP contribution in [0.1, 0.15) is 78.1 Å². The highest BCUT2D eigenvalue weighted by atomic mass is 32.2. The van der Waals surface area contributed by atoms with Gasteiger partial charge in [0.05, 0.1) is 0 Å². The van der Waals surface area contributed by atoms with Crippen LogP contribution >= 0.6 is 0 Å². The number of rotatable bonds is 14. The molecule has 116 valence electrons. The van der Waals surface area contributed by atoms with Gasteiger partial charge in [0.2, 0.25) is 0 Å². The Kier molecular flexibility index (Phi) is 14.6. The van der Waals surface area contributed by atoms with Crippen LogP contribution in [0.25, 0.3) is 0 Å². The highest BCUT2D eigenvalue weighted by Gasteiger charge is 2.03. The molecule has 0 heterocycles. The van der Waals surface area contributed by atoms with Crippen molar-refractivity contribution >= 4 is 10.8 Å². The van der Waals surface area contributed by atoms with Crippen LogP contribution in [0.2, 0.25) is 0 Å². The monoisotopic (exact) mass is 289 g/mol. The number of unbranched alkanes of at least 4 members (excludes halogenated alkanes) is 9. The Hall–Kier alpha value is 0.110. The maximum Gasteiger partial charge on any atom is 0.0441 e. The molecule has 0 aliphatic carbocycles. The van der Waals surface area contributed by atoms with Gasteiger partial charge >= 0.3 is 0 Å². The predicted molar refractivity (Wildman–Crippen MR) is 88.2 cm³/mol. The van der Waals surface area contributed by atoms with E-state index in [4.69, 9.17) is 0 Å². The van der Waals surface area contributed by atoms with E-state index in [2.05, 4.69) is 12.2 Å². The number of nitrogens with one attached hydrogen (secondary N) is 1. The van der Waals surface area contributed by atoms with Crippen molar-refractivity contribution in [2.45, 2.75) is 83.3 Å². The van der Waals surface area contributed by atoms with Crippen LogP contribution in [0.5, 0.6) is 0 Å². The van der Waals surface area contributed by atoms with E-state index in [1.54, 1.807) is 6.26 Å². The topological polar surface area (TPSA) is 29.1 Å². The fourth-order valence-corrected chi connectivity index (χ4v) is 2.51. The molecule has 0 radical (unpaired) electrons. The Balaban J connectivity index is 3.05. The maximum atomic E-state index is 11.1. The SMILES string of the molecule is CCCCCCCCCCCCNCC(C)S(C)=O. The van der Waals surface area contributed by atoms with Gasteiger partial charge in [-0.2, -0.15) is 0 Å². The molecule has 0 aliphatic rings. The lowest BCUT2D eigenvalue weighted by molar-refractivity contribution is 0.543. The second-order valence-electron chi connectivity index (χ2n) is 5.70. The third-order valence-corrected chi connectivity index (χ3v) is 5.01. The van der Waals surface area contributed by atoms with Crippen LogP contribution in [-0.2, 0) is 10.8 Å². The zero-order chi connectivity index (χ0) is 14.3. The lowest BCUT2D eigenvalue weighted by atomic mass is 10.1. The molecular formula is C16H35NOS. The van der Waals surface area contributed by atoms with Crippen molar-refractivity contribution in [2.75, 3.05) is 19.3 Å². The molecule has 0 aromatic carbocycles. The van der Waals surface area contributed by atoms with Crippen molar-refractivity contribution in [3.05, 3.63) is 0 Å². The molecule has 2 atom stereocenters. The largest absolute Gasteiger partial charge is 0.316 e. The first-order chi connectivity index (χ1) is 9.18. The Bertz CT molecular complexity index is 209. The Morgan fingerprint density at radius 3 is 1.84 bits per heavy atom. The minimum Gasteiger partial charge on any atom is -0.316 e. The summed E-state index contributed by atoms with van der Waals surface area (Å²) in [5.74, 6) is 0. The van der Waals surface area contributed by atoms with Crippen molar-refractivity contribution < 1.29 is 4.21 Å². The normalized spacial score (nSPS) is 14.5. The predicted octanol–water partition coefficient (Wildman–Crippen LogP) is 4.26. The first-order valence-electron chi connectivity index (χ1n) is 8.21. The van der Waals surface area contributed by atoms with Gasteiger partial charge in [-0.15, -0.1) is 0 Å². The van der Waals surface area contributed by atoms with Gasteiger partial charge in [0.1, 0.15) is 0 Å². The maximum absolute atomic E-state index is 11.1. The van der Waals surface area contributed by atoms with Crippen molar-refractivity contribution in [3.63, 3.8) is 0 Å². The summed E-state index contributed by atoms with van der Waals surface area (Å²) in [6.07, 6.45) is 15.6. The smallest absolute Gasteiger partial charge is 0.0441 e. The first-order valence-corrected chi connectivity index (χ1v) is 9.83. The molecule has 2 nitrogen and oxygen atoms in total. The van der Waals surface area contributed by atoms with E-state index in [0.29, 0.717) is 0 Å². The Morgan fingerprint density at radius 1 is 0.895 bits per heavy atom. The van der Waals surface area contributed by atoms with E-state index < -0.39 is 10.8 Å². The molecule has 0 amide bonds. The van der Waals surface area contributed by atoms with Crippen molar-refractivity contribution in [2.24, 2.45) is 0 Å². The standard InChI is InChI=1S/C16H35NOS/c1-4-5-6-7-8-9-10-11-12-13-14-17-15-16(2)19(3)18/h16-17H,4-15H2,1-3H3. The van der Waals surface area contributed by atoms with E-state index in [1.807, 2.05) is 6.92 Å². The van der Waals surface area contributed by atoms with Crippen molar-refractivity contribution in [1.29, 1.82) is 0 Å². The summed E-state index contributed by atoms with van der Waals surface area (Å²) in [5, 5.41) is 3.68. The molecule has 0 aliphatic heterocycles. The third-order valence-electron chi connectivity index (χ3n) is 3.71. The summed E-state index contributed by atoms with van der Waals surface area (Å²) in [6.45, 7) is 6.28. The molecule has 0 spiro atoms. The molecule has 0 aromatic rings. The Labute approximate surface area is 123 Å². The zero-order valence-corrected chi connectivity index (χ0v) is 14.2. The van der Waals surface area contributed by atoms with Crippen LogP contribution < -0.4 is 5.32 Å². The second-order valence-corrected chi connectivity index (χ2v) is 7.50. The van der Waals surface area contributed by atoms with E-state index in [1.165, 1.54) is 64.2 Å². The van der Waals surface area contributed by atoms with Crippen LogP contribution in [0.3, 0.4) is 0 Å². The minimum absolute atomic E-state index is 0.281. The molecule has 2 unspecified atom stereocenters. The van der Waals surface area contributed by atoms with E-state index in [-0.39, 0.29) is 5.25 Å². The van der Waals surface area contributed by atoms with Gasteiger partial charge in [-0.25, -0.2) is 0 Å². The average Bonchev–Trinajstić information content (AvgIpc) is 2.39. The molecular weight excluding hydrogens is 254 g/mol. The van der Waals surface area contributed by atoms with Gasteiger partial charge < -0.3 is 5.32 Å². The highest BCUT2D eigenvalue weighted by molar-refractivity contribution is 7.84. The molecule has 0 saturated heterocycles. The van der Waals surface area contributed by atoms with Gasteiger partial charge in [0.15, 0.2) is 0 Å². The number of hydrogen-bond donors (Lipinski definition) is 1. The molecule has 1 N–H and O–H groups in total. The van der Waals surface area contributed by atoms with E-state index >= 15 is 0 Å². The van der Waals surface area contributed by atoms with E-state index in [0.717, 1.165) is 13.1 Å². The summed E-state index contributed by atoms with van der Waals surface area (Å²) < 4.78 is 11.1. The molecule has 3 heteroatoms. The summed E-state index contributed by atoms with van der Waals surface area (Å²) in [7, 11) is -0.688. The molecule has 0 aromatic heterocycles. The van der Waals surface area contributed by atoms with Gasteiger partial charge in [0.25, 0.3) is 0 Å². The lowest BCUT2D eigenvalue weighted by Gasteiger charge is -2.09. The molecule has 0 bridgehead atoms. The van der Waals surface area contributed by atoms with Crippen LogP contribution in [0, 0.1) is 0 Å². The zero-order valence-electron chi connectivity index (χ0n) is 13.4. The first kappa shape index (κ1) is 19.1. The summed E-state index contributed by atoms with van der Waals surface area (Å²) >= 11 is 0. The summed E-state index contributed by atoms with van der Waals surface area (Å²) in [6, 6.07) is 0. The van der Waals surface area contributed by atoms with Gasteiger partial charge in [-0.1, -0.05) is 64.7 Å². The number of hydrogen-bond acceptors (Lipinski definition) is 2. The van der Waals surface area contributed by atoms with Gasteiger partial charge in [-0.05, 0) is 19.9 Å². The fraction of sp³-hybridized carbons (Fsp3) is 1.00. The second kappa shape index (κ2) is 14.5. The highest BCUT2D eigenvalue weighted by Crippen LogP contribution is 2.10. The molecule has 0 rings (SSSR count). The van der Waals surface area contributed by atoms with Crippen molar-refractivity contribution in [3.8, 4) is 0 Å². The molecule has 0 fully saturated rings. The van der Waals surface area contributed by atoms with Gasteiger partial charge in [0, 0.05) is 28.9 Å².